The first-order valence-electron chi connectivity index (χ1n) is 18.4. The van der Waals surface area contributed by atoms with Gasteiger partial charge in [0.25, 0.3) is 0 Å². The fourth-order valence-electron chi connectivity index (χ4n) is 8.75. The van der Waals surface area contributed by atoms with E-state index in [0.717, 1.165) is 56.3 Å². The molecule has 0 fully saturated rings. The number of nitrogens with zero attached hydrogens (tertiary/aromatic N) is 2. The van der Waals surface area contributed by atoms with Crippen LogP contribution in [0.4, 0.5) is 0 Å². The summed E-state index contributed by atoms with van der Waals surface area (Å²) in [5.74, 6) is 2.45. The average Bonchev–Trinajstić information content (AvgIpc) is 3.54. The highest BCUT2D eigenvalue weighted by molar-refractivity contribution is 6.05. The lowest BCUT2D eigenvalue weighted by Crippen LogP contribution is -2.32. The van der Waals surface area contributed by atoms with E-state index in [9.17, 15) is 0 Å². The van der Waals surface area contributed by atoms with Crippen LogP contribution in [0, 0.1) is 0 Å². The van der Waals surface area contributed by atoms with Crippen molar-refractivity contribution in [1.29, 1.82) is 0 Å². The van der Waals surface area contributed by atoms with E-state index < -0.39 is 5.41 Å². The minimum atomic E-state index is -0.596. The molecule has 11 rings (SSSR count). The molecule has 0 atom stereocenters. The molecule has 0 bridgehead atoms. The molecule has 3 heteroatoms. The van der Waals surface area contributed by atoms with Crippen LogP contribution in [0.15, 0.2) is 194 Å². The van der Waals surface area contributed by atoms with Gasteiger partial charge in [-0.1, -0.05) is 170 Å². The second-order valence-corrected chi connectivity index (χ2v) is 14.1. The van der Waals surface area contributed by atoms with E-state index >= 15 is 0 Å². The molecule has 8 aromatic carbocycles. The van der Waals surface area contributed by atoms with Crippen molar-refractivity contribution in [2.24, 2.45) is 0 Å². The normalized spacial score (nSPS) is 13.1. The van der Waals surface area contributed by atoms with Crippen LogP contribution in [0.5, 0.6) is 11.5 Å². The van der Waals surface area contributed by atoms with Crippen molar-refractivity contribution in [1.82, 2.24) is 9.97 Å². The van der Waals surface area contributed by atoms with Gasteiger partial charge in [-0.3, -0.25) is 0 Å². The summed E-state index contributed by atoms with van der Waals surface area (Å²) in [5, 5.41) is 2.47. The maximum absolute atomic E-state index is 6.64. The summed E-state index contributed by atoms with van der Waals surface area (Å²) in [4.78, 5) is 10.5. The van der Waals surface area contributed by atoms with Crippen LogP contribution < -0.4 is 4.74 Å². The first kappa shape index (κ1) is 30.5. The SMILES string of the molecule is c1ccc(-c2ccc(-c3nc(-c4ccccc4)cc(-c4ccc5c(c4)C4(c6ccccc6Oc6ccccc64)c4ccc6ccccc6c4-5)n3)cc2)cc1. The number of rotatable bonds is 4. The van der Waals surface area contributed by atoms with E-state index in [1.807, 2.05) is 12.1 Å². The Morgan fingerprint density at radius 3 is 1.65 bits per heavy atom. The summed E-state index contributed by atoms with van der Waals surface area (Å²) in [6.07, 6.45) is 0. The molecule has 2 heterocycles. The van der Waals surface area contributed by atoms with Gasteiger partial charge in [0.1, 0.15) is 11.5 Å². The molecule has 9 aromatic rings. The quantitative estimate of drug-likeness (QED) is 0.185. The van der Waals surface area contributed by atoms with E-state index in [0.29, 0.717) is 5.82 Å². The van der Waals surface area contributed by atoms with Gasteiger partial charge in [0.2, 0.25) is 0 Å². The number of fused-ring (bicyclic) bond motifs is 11. The summed E-state index contributed by atoms with van der Waals surface area (Å²) in [6.45, 7) is 0. The van der Waals surface area contributed by atoms with Crippen molar-refractivity contribution in [3.8, 4) is 67.7 Å². The van der Waals surface area contributed by atoms with Crippen LogP contribution in [0.1, 0.15) is 22.3 Å². The molecule has 0 saturated carbocycles. The van der Waals surface area contributed by atoms with Gasteiger partial charge in [0.05, 0.1) is 16.8 Å². The third kappa shape index (κ3) is 4.55. The summed E-state index contributed by atoms with van der Waals surface area (Å²) in [6, 6.07) is 68.9. The predicted molar refractivity (Wildman–Crippen MR) is 219 cm³/mol. The number of hydrogen-bond acceptors (Lipinski definition) is 3. The van der Waals surface area contributed by atoms with E-state index in [2.05, 4.69) is 182 Å². The first-order valence-corrected chi connectivity index (χ1v) is 18.4. The summed E-state index contributed by atoms with van der Waals surface area (Å²) >= 11 is 0. The van der Waals surface area contributed by atoms with Crippen molar-refractivity contribution >= 4 is 10.8 Å². The summed E-state index contributed by atoms with van der Waals surface area (Å²) < 4.78 is 6.64. The van der Waals surface area contributed by atoms with Crippen molar-refractivity contribution in [3.63, 3.8) is 0 Å². The van der Waals surface area contributed by atoms with Gasteiger partial charge < -0.3 is 4.74 Å². The number of para-hydroxylation sites is 2. The molecule has 1 spiro atoms. The zero-order valence-electron chi connectivity index (χ0n) is 29.3. The first-order chi connectivity index (χ1) is 26.8. The molecular weight excluding hydrogens is 657 g/mol. The average molecular weight is 689 g/mol. The molecule has 0 unspecified atom stereocenters. The molecule has 0 radical (unpaired) electrons. The largest absolute Gasteiger partial charge is 0.457 e. The van der Waals surface area contributed by atoms with Gasteiger partial charge in [-0.05, 0) is 68.4 Å². The van der Waals surface area contributed by atoms with Crippen LogP contribution in [0.2, 0.25) is 0 Å². The Kier molecular flexibility index (Phi) is 6.77. The van der Waals surface area contributed by atoms with Crippen molar-refractivity contribution in [3.05, 3.63) is 216 Å². The van der Waals surface area contributed by atoms with Gasteiger partial charge >= 0.3 is 0 Å². The van der Waals surface area contributed by atoms with Gasteiger partial charge in [0.15, 0.2) is 5.82 Å². The number of aromatic nitrogens is 2. The second-order valence-electron chi connectivity index (χ2n) is 14.1. The monoisotopic (exact) mass is 688 g/mol. The van der Waals surface area contributed by atoms with Crippen LogP contribution >= 0.6 is 0 Å². The molecule has 1 aliphatic heterocycles. The predicted octanol–water partition coefficient (Wildman–Crippen LogP) is 12.8. The summed E-state index contributed by atoms with van der Waals surface area (Å²) in [7, 11) is 0. The maximum Gasteiger partial charge on any atom is 0.160 e. The molecule has 0 N–H and O–H groups in total. The van der Waals surface area contributed by atoms with Gasteiger partial charge in [0, 0.05) is 27.8 Å². The number of benzene rings is 8. The highest BCUT2D eigenvalue weighted by atomic mass is 16.5. The lowest BCUT2D eigenvalue weighted by Gasteiger charge is -2.39. The lowest BCUT2D eigenvalue weighted by atomic mass is 9.66. The van der Waals surface area contributed by atoms with Crippen LogP contribution in [-0.2, 0) is 5.41 Å². The zero-order chi connectivity index (χ0) is 35.6. The van der Waals surface area contributed by atoms with Crippen molar-refractivity contribution in [2.45, 2.75) is 5.41 Å². The Bertz CT molecular complexity index is 2850. The van der Waals surface area contributed by atoms with E-state index in [4.69, 9.17) is 14.7 Å². The van der Waals surface area contributed by atoms with Crippen LogP contribution in [0.25, 0.3) is 66.9 Å². The number of hydrogen-bond donors (Lipinski definition) is 0. The topological polar surface area (TPSA) is 35.0 Å². The second kappa shape index (κ2) is 12.0. The maximum atomic E-state index is 6.64. The van der Waals surface area contributed by atoms with Crippen molar-refractivity contribution < 1.29 is 4.74 Å². The molecule has 54 heavy (non-hydrogen) atoms. The highest BCUT2D eigenvalue weighted by Crippen LogP contribution is 2.63. The Morgan fingerprint density at radius 2 is 0.926 bits per heavy atom. The van der Waals surface area contributed by atoms with E-state index in [1.54, 1.807) is 0 Å². The lowest BCUT2D eigenvalue weighted by molar-refractivity contribution is 0.436. The smallest absolute Gasteiger partial charge is 0.160 e. The van der Waals surface area contributed by atoms with Crippen molar-refractivity contribution in [2.75, 3.05) is 0 Å². The molecule has 3 nitrogen and oxygen atoms in total. The molecule has 1 aliphatic carbocycles. The molecule has 0 amide bonds. The minimum absolute atomic E-state index is 0.596. The number of ether oxygens (including phenoxy) is 1. The molecule has 1 aromatic heterocycles. The standard InChI is InChI=1S/C51H32N2O/c1-3-13-33(14-4-1)34-23-25-37(26-24-34)50-52-45(36-16-5-2-6-17-36)32-46(53-50)38-27-29-40-44(31-38)51(43-30-28-35-15-7-8-18-39(35)49(40)43)41-19-9-11-21-47(41)54-48-22-12-10-20-42(48)51/h1-32H. The third-order valence-electron chi connectivity index (χ3n) is 11.2. The fraction of sp³-hybridized carbons (Fsp3) is 0.0196. The molecule has 2 aliphatic rings. The van der Waals surface area contributed by atoms with Crippen LogP contribution in [-0.4, -0.2) is 9.97 Å². The minimum Gasteiger partial charge on any atom is -0.457 e. The Balaban J connectivity index is 1.16. The summed E-state index contributed by atoms with van der Waals surface area (Å²) in [5.41, 5.74) is 13.8. The van der Waals surface area contributed by atoms with E-state index in [1.165, 1.54) is 38.6 Å². The zero-order valence-corrected chi connectivity index (χ0v) is 29.3. The Morgan fingerprint density at radius 1 is 0.370 bits per heavy atom. The Hall–Kier alpha value is -7.10. The molecular formula is C51H32N2O. The third-order valence-corrected chi connectivity index (χ3v) is 11.2. The fourth-order valence-corrected chi connectivity index (χ4v) is 8.75. The van der Waals surface area contributed by atoms with Gasteiger partial charge in [-0.2, -0.15) is 0 Å². The molecule has 252 valence electrons. The van der Waals surface area contributed by atoms with E-state index in [-0.39, 0.29) is 0 Å². The molecule has 0 saturated heterocycles. The van der Waals surface area contributed by atoms with Gasteiger partial charge in [-0.25, -0.2) is 9.97 Å². The van der Waals surface area contributed by atoms with Crippen LogP contribution in [0.3, 0.4) is 0 Å². The highest BCUT2D eigenvalue weighted by Gasteiger charge is 2.51. The van der Waals surface area contributed by atoms with Gasteiger partial charge in [-0.15, -0.1) is 0 Å². The Labute approximate surface area is 313 Å².